The molecule has 25 heavy (non-hydrogen) atoms. The fourth-order valence-electron chi connectivity index (χ4n) is 2.96. The van der Waals surface area contributed by atoms with Crippen molar-refractivity contribution in [2.24, 2.45) is 0 Å². The summed E-state index contributed by atoms with van der Waals surface area (Å²) in [5.74, 6) is 0.262. The highest BCUT2D eigenvalue weighted by Crippen LogP contribution is 2.24. The van der Waals surface area contributed by atoms with Crippen LogP contribution in [0.25, 0.3) is 0 Å². The van der Waals surface area contributed by atoms with Gasteiger partial charge in [-0.05, 0) is 25.8 Å². The third-order valence-electron chi connectivity index (χ3n) is 4.24. The maximum Gasteiger partial charge on any atom is 0.273 e. The van der Waals surface area contributed by atoms with Crippen LogP contribution in [0.4, 0.5) is 5.69 Å². The van der Waals surface area contributed by atoms with E-state index in [0.29, 0.717) is 30.1 Å². The van der Waals surface area contributed by atoms with E-state index >= 15 is 0 Å². The van der Waals surface area contributed by atoms with Crippen molar-refractivity contribution in [2.75, 3.05) is 13.1 Å². The molecule has 1 amide bonds. The minimum atomic E-state index is -0.469. The van der Waals surface area contributed by atoms with Gasteiger partial charge in [0, 0.05) is 36.0 Å². The lowest BCUT2D eigenvalue weighted by atomic mass is 10.0. The van der Waals surface area contributed by atoms with E-state index in [1.165, 1.54) is 18.5 Å². The van der Waals surface area contributed by atoms with Gasteiger partial charge in [-0.2, -0.15) is 0 Å². The molecule has 0 radical (unpaired) electrons. The van der Waals surface area contributed by atoms with Crippen LogP contribution in [0.3, 0.4) is 0 Å². The lowest BCUT2D eigenvalue weighted by Crippen LogP contribution is -2.44. The number of nitro benzene ring substituents is 1. The van der Waals surface area contributed by atoms with Gasteiger partial charge in [0.25, 0.3) is 11.6 Å². The molecular formula is C17H18N4O4. The largest absolute Gasteiger partial charge is 0.472 e. The third kappa shape index (κ3) is 3.73. The first kappa shape index (κ1) is 16.8. The van der Waals surface area contributed by atoms with E-state index in [0.717, 1.165) is 12.8 Å². The average molecular weight is 342 g/mol. The molecule has 2 heterocycles. The molecule has 1 aromatic heterocycles. The van der Waals surface area contributed by atoms with Crippen LogP contribution in [-0.4, -0.2) is 44.9 Å². The van der Waals surface area contributed by atoms with Crippen molar-refractivity contribution in [1.82, 2.24) is 14.9 Å². The molecule has 0 saturated carbocycles. The fourth-order valence-corrected chi connectivity index (χ4v) is 2.96. The number of carbonyl (C=O) groups excluding carboxylic acids is 1. The molecule has 1 aliphatic heterocycles. The molecule has 1 atom stereocenters. The van der Waals surface area contributed by atoms with Crippen LogP contribution < -0.4 is 4.74 Å². The summed E-state index contributed by atoms with van der Waals surface area (Å²) in [5, 5.41) is 11.1. The van der Waals surface area contributed by atoms with Gasteiger partial charge in [-0.1, -0.05) is 6.07 Å². The number of nitro groups is 1. The number of aromatic nitrogens is 2. The van der Waals surface area contributed by atoms with Gasteiger partial charge in [0.2, 0.25) is 5.88 Å². The van der Waals surface area contributed by atoms with Crippen molar-refractivity contribution >= 4 is 11.6 Å². The number of nitrogens with zero attached hydrogens (tertiary/aromatic N) is 4. The van der Waals surface area contributed by atoms with Crippen molar-refractivity contribution in [3.05, 3.63) is 58.0 Å². The number of ether oxygens (including phenoxy) is 1. The molecule has 3 rings (SSSR count). The Balaban J connectivity index is 1.74. The zero-order valence-electron chi connectivity index (χ0n) is 13.8. The second-order valence-corrected chi connectivity index (χ2v) is 5.89. The van der Waals surface area contributed by atoms with E-state index in [9.17, 15) is 14.9 Å². The van der Waals surface area contributed by atoms with Crippen LogP contribution in [0.2, 0.25) is 0 Å². The van der Waals surface area contributed by atoms with Crippen molar-refractivity contribution in [3.8, 4) is 5.88 Å². The summed E-state index contributed by atoms with van der Waals surface area (Å²) in [5.41, 5.74) is 0.699. The van der Waals surface area contributed by atoms with Crippen LogP contribution in [0, 0.1) is 17.0 Å². The topological polar surface area (TPSA) is 98.5 Å². The Hall–Kier alpha value is -3.03. The van der Waals surface area contributed by atoms with Crippen molar-refractivity contribution < 1.29 is 14.5 Å². The zero-order valence-corrected chi connectivity index (χ0v) is 13.8. The molecule has 1 fully saturated rings. The number of rotatable bonds is 4. The van der Waals surface area contributed by atoms with Gasteiger partial charge >= 0.3 is 0 Å². The summed E-state index contributed by atoms with van der Waals surface area (Å²) in [6.45, 7) is 2.62. The first-order valence-electron chi connectivity index (χ1n) is 8.02. The lowest BCUT2D eigenvalue weighted by Gasteiger charge is -2.32. The fraction of sp³-hybridized carbons (Fsp3) is 0.353. The standard InChI is InChI=1S/C17H18N4O4/c1-12-14(5-2-6-15(12)21(23)24)17(22)20-9-3-4-13(10-20)25-16-7-8-18-11-19-16/h2,5-8,11,13H,3-4,9-10H2,1H3. The maximum absolute atomic E-state index is 12.8. The number of carbonyl (C=O) groups is 1. The van der Waals surface area contributed by atoms with Crippen molar-refractivity contribution in [1.29, 1.82) is 0 Å². The smallest absolute Gasteiger partial charge is 0.273 e. The Kier molecular flexibility index (Phi) is 4.87. The molecule has 0 aliphatic carbocycles. The van der Waals surface area contributed by atoms with Gasteiger partial charge in [0.1, 0.15) is 12.4 Å². The number of piperidine rings is 1. The predicted octanol–water partition coefficient (Wildman–Crippen LogP) is 2.38. The lowest BCUT2D eigenvalue weighted by molar-refractivity contribution is -0.385. The molecule has 1 aliphatic rings. The minimum absolute atomic E-state index is 0.0448. The molecule has 8 nitrogen and oxygen atoms in total. The third-order valence-corrected chi connectivity index (χ3v) is 4.24. The monoisotopic (exact) mass is 342 g/mol. The Labute approximate surface area is 144 Å². The number of benzene rings is 1. The van der Waals surface area contributed by atoms with Crippen molar-refractivity contribution in [2.45, 2.75) is 25.9 Å². The molecule has 2 aromatic rings. The van der Waals surface area contributed by atoms with Gasteiger partial charge in [0.05, 0.1) is 11.5 Å². The molecule has 0 N–H and O–H groups in total. The molecule has 0 bridgehead atoms. The second kappa shape index (κ2) is 7.25. The molecule has 8 heteroatoms. The van der Waals surface area contributed by atoms with E-state index in [1.54, 1.807) is 30.2 Å². The Bertz CT molecular complexity index is 781. The molecule has 1 unspecified atom stereocenters. The summed E-state index contributed by atoms with van der Waals surface area (Å²) in [6, 6.07) is 6.24. The Morgan fingerprint density at radius 2 is 2.24 bits per heavy atom. The highest BCUT2D eigenvalue weighted by Gasteiger charge is 2.28. The Morgan fingerprint density at radius 3 is 2.96 bits per heavy atom. The number of hydrogen-bond donors (Lipinski definition) is 0. The molecular weight excluding hydrogens is 324 g/mol. The highest BCUT2D eigenvalue weighted by molar-refractivity contribution is 5.96. The number of hydrogen-bond acceptors (Lipinski definition) is 6. The summed E-state index contributed by atoms with van der Waals surface area (Å²) < 4.78 is 5.81. The van der Waals surface area contributed by atoms with Gasteiger partial charge in [0.15, 0.2) is 0 Å². The zero-order chi connectivity index (χ0) is 17.8. The highest BCUT2D eigenvalue weighted by atomic mass is 16.6. The van der Waals surface area contributed by atoms with Crippen molar-refractivity contribution in [3.63, 3.8) is 0 Å². The number of likely N-dealkylation sites (tertiary alicyclic amines) is 1. The first-order chi connectivity index (χ1) is 12.1. The summed E-state index contributed by atoms with van der Waals surface area (Å²) >= 11 is 0. The van der Waals surface area contributed by atoms with Crippen LogP contribution in [-0.2, 0) is 0 Å². The van der Waals surface area contributed by atoms with Crippen LogP contribution in [0.1, 0.15) is 28.8 Å². The number of amides is 1. The van der Waals surface area contributed by atoms with Gasteiger partial charge < -0.3 is 9.64 Å². The Morgan fingerprint density at radius 1 is 1.40 bits per heavy atom. The minimum Gasteiger partial charge on any atom is -0.472 e. The normalized spacial score (nSPS) is 17.2. The van der Waals surface area contributed by atoms with Crippen LogP contribution in [0.5, 0.6) is 5.88 Å². The molecule has 1 aromatic carbocycles. The quantitative estimate of drug-likeness (QED) is 0.625. The maximum atomic E-state index is 12.8. The van der Waals surface area contributed by atoms with Gasteiger partial charge in [-0.15, -0.1) is 0 Å². The average Bonchev–Trinajstić information content (AvgIpc) is 2.62. The van der Waals surface area contributed by atoms with Crippen LogP contribution in [0.15, 0.2) is 36.8 Å². The van der Waals surface area contributed by atoms with E-state index in [1.807, 2.05) is 0 Å². The van der Waals surface area contributed by atoms with E-state index in [4.69, 9.17) is 4.74 Å². The predicted molar refractivity (Wildman–Crippen MR) is 89.4 cm³/mol. The second-order valence-electron chi connectivity index (χ2n) is 5.89. The van der Waals surface area contributed by atoms with Crippen LogP contribution >= 0.6 is 0 Å². The first-order valence-corrected chi connectivity index (χ1v) is 8.02. The molecule has 130 valence electrons. The SMILES string of the molecule is Cc1c(C(=O)N2CCCC(Oc3ccncn3)C2)cccc1[N+](=O)[O-]. The summed E-state index contributed by atoms with van der Waals surface area (Å²) in [7, 11) is 0. The van der Waals surface area contributed by atoms with Gasteiger partial charge in [-0.3, -0.25) is 14.9 Å². The summed E-state index contributed by atoms with van der Waals surface area (Å²) in [4.78, 5) is 33.0. The summed E-state index contributed by atoms with van der Waals surface area (Å²) in [6.07, 6.45) is 4.47. The van der Waals surface area contributed by atoms with E-state index in [-0.39, 0.29) is 17.7 Å². The molecule has 0 spiro atoms. The van der Waals surface area contributed by atoms with E-state index in [2.05, 4.69) is 9.97 Å². The van der Waals surface area contributed by atoms with Gasteiger partial charge in [-0.25, -0.2) is 9.97 Å². The van der Waals surface area contributed by atoms with E-state index < -0.39 is 4.92 Å². The molecule has 1 saturated heterocycles.